The summed E-state index contributed by atoms with van der Waals surface area (Å²) >= 11 is 0. The molecule has 4 heteroatoms. The van der Waals surface area contributed by atoms with Crippen molar-refractivity contribution in [1.82, 2.24) is 10.8 Å². The number of rotatable bonds is 10. The minimum Gasteiger partial charge on any atom is -0.348 e. The van der Waals surface area contributed by atoms with Crippen LogP contribution < -0.4 is 10.8 Å². The van der Waals surface area contributed by atoms with Gasteiger partial charge in [-0.15, -0.1) is 0 Å². The summed E-state index contributed by atoms with van der Waals surface area (Å²) in [5, 5.41) is 12.3. The molecular formula is C28H36N2O2. The molecule has 0 unspecified atom stereocenters. The van der Waals surface area contributed by atoms with E-state index in [1.165, 1.54) is 11.1 Å². The van der Waals surface area contributed by atoms with Crippen LogP contribution in [0.25, 0.3) is 11.1 Å². The van der Waals surface area contributed by atoms with Gasteiger partial charge in [-0.25, -0.2) is 5.48 Å². The third-order valence-electron chi connectivity index (χ3n) is 5.89. The number of hydrogen-bond acceptors (Lipinski definition) is 3. The summed E-state index contributed by atoms with van der Waals surface area (Å²) in [6, 6.07) is 26.3. The van der Waals surface area contributed by atoms with Crippen LogP contribution in [-0.4, -0.2) is 23.7 Å². The Morgan fingerprint density at radius 3 is 2.03 bits per heavy atom. The van der Waals surface area contributed by atoms with E-state index in [2.05, 4.69) is 61.0 Å². The van der Waals surface area contributed by atoms with Crippen LogP contribution in [0.3, 0.4) is 0 Å². The molecule has 3 rings (SSSR count). The predicted molar refractivity (Wildman–Crippen MR) is 133 cm³/mol. The quantitative estimate of drug-likeness (QED) is 0.350. The lowest BCUT2D eigenvalue weighted by atomic mass is 9.93. The second-order valence-electron chi connectivity index (χ2n) is 8.07. The number of nitrogens with one attached hydrogen (secondary N) is 2. The Kier molecular flexibility index (Phi) is 10.1. The highest BCUT2D eigenvalue weighted by Crippen LogP contribution is 2.21. The van der Waals surface area contributed by atoms with Crippen molar-refractivity contribution < 1.29 is 10.0 Å². The van der Waals surface area contributed by atoms with Crippen LogP contribution in [-0.2, 0) is 12.8 Å². The highest BCUT2D eigenvalue weighted by Gasteiger charge is 2.20. The van der Waals surface area contributed by atoms with E-state index in [0.29, 0.717) is 12.1 Å². The van der Waals surface area contributed by atoms with E-state index in [4.69, 9.17) is 0 Å². The van der Waals surface area contributed by atoms with Crippen molar-refractivity contribution in [2.24, 2.45) is 5.92 Å². The molecule has 0 fully saturated rings. The van der Waals surface area contributed by atoms with Gasteiger partial charge in [-0.3, -0.25) is 4.79 Å². The van der Waals surface area contributed by atoms with Crippen LogP contribution in [0.5, 0.6) is 0 Å². The minimum absolute atomic E-state index is 0. The number of carbonyl (C=O) groups is 1. The molecule has 0 bridgehead atoms. The molecule has 0 radical (unpaired) electrons. The first-order valence-electron chi connectivity index (χ1n) is 11.0. The van der Waals surface area contributed by atoms with Crippen molar-refractivity contribution in [3.05, 3.63) is 95.6 Å². The molecule has 1 amide bonds. The van der Waals surface area contributed by atoms with Gasteiger partial charge >= 0.3 is 0 Å². The number of aryl methyl sites for hydroxylation is 2. The van der Waals surface area contributed by atoms with Gasteiger partial charge in [-0.1, -0.05) is 88.0 Å². The van der Waals surface area contributed by atoms with E-state index in [9.17, 15) is 10.0 Å². The summed E-state index contributed by atoms with van der Waals surface area (Å²) in [5.41, 5.74) is 7.66. The zero-order valence-electron chi connectivity index (χ0n) is 18.3. The molecule has 0 aliphatic carbocycles. The average Bonchev–Trinajstić information content (AvgIpc) is 2.83. The van der Waals surface area contributed by atoms with E-state index < -0.39 is 0 Å². The van der Waals surface area contributed by atoms with E-state index in [1.807, 2.05) is 42.5 Å². The summed E-state index contributed by atoms with van der Waals surface area (Å²) in [7, 11) is 0. The van der Waals surface area contributed by atoms with Crippen molar-refractivity contribution in [2.45, 2.75) is 46.6 Å². The van der Waals surface area contributed by atoms with Crippen LogP contribution in [0.4, 0.5) is 0 Å². The second-order valence-corrected chi connectivity index (χ2v) is 8.07. The maximum atomic E-state index is 12.8. The third kappa shape index (κ3) is 7.04. The fourth-order valence-electron chi connectivity index (χ4n) is 3.73. The first-order chi connectivity index (χ1) is 15.1. The molecule has 32 heavy (non-hydrogen) atoms. The molecule has 0 spiro atoms. The highest BCUT2D eigenvalue weighted by atomic mass is 16.5. The number of hydrogen-bond donors (Lipinski definition) is 3. The van der Waals surface area contributed by atoms with Gasteiger partial charge in [0.25, 0.3) is 5.91 Å². The Morgan fingerprint density at radius 1 is 0.875 bits per heavy atom. The minimum atomic E-state index is -0.164. The zero-order chi connectivity index (χ0) is 22.1. The molecule has 0 saturated carbocycles. The van der Waals surface area contributed by atoms with Gasteiger partial charge in [0, 0.05) is 18.2 Å². The molecule has 2 atom stereocenters. The Balaban J connectivity index is 0.00000363. The summed E-state index contributed by atoms with van der Waals surface area (Å²) in [6.07, 6.45) is 2.88. The topological polar surface area (TPSA) is 61.4 Å². The average molecular weight is 433 g/mol. The van der Waals surface area contributed by atoms with Crippen molar-refractivity contribution >= 4 is 5.91 Å². The van der Waals surface area contributed by atoms with E-state index in [-0.39, 0.29) is 25.3 Å². The van der Waals surface area contributed by atoms with Gasteiger partial charge < -0.3 is 10.5 Å². The van der Waals surface area contributed by atoms with Gasteiger partial charge in [0.1, 0.15) is 0 Å². The van der Waals surface area contributed by atoms with Gasteiger partial charge in [0.2, 0.25) is 0 Å². The Morgan fingerprint density at radius 2 is 1.47 bits per heavy atom. The van der Waals surface area contributed by atoms with Crippen LogP contribution >= 0.6 is 0 Å². The Labute approximate surface area is 192 Å². The molecular weight excluding hydrogens is 396 g/mol. The molecule has 0 aromatic heterocycles. The number of hydroxylamine groups is 1. The fourth-order valence-corrected chi connectivity index (χ4v) is 3.73. The zero-order valence-corrected chi connectivity index (χ0v) is 18.3. The molecule has 0 aliphatic heterocycles. The maximum Gasteiger partial charge on any atom is 0.251 e. The van der Waals surface area contributed by atoms with Crippen molar-refractivity contribution in [1.29, 1.82) is 0 Å². The SMILES string of the molecule is C.CCc1ccc(-c2ccc(C(=O)N[C@H](CNO)[C@@H](C)CCc3ccccc3)cc2)cc1. The van der Waals surface area contributed by atoms with Crippen LogP contribution in [0.2, 0.25) is 0 Å². The molecule has 0 saturated heterocycles. The fraction of sp³-hybridized carbons (Fsp3) is 0.321. The third-order valence-corrected chi connectivity index (χ3v) is 5.89. The largest absolute Gasteiger partial charge is 0.348 e. The first kappa shape index (κ1) is 25.3. The molecule has 170 valence electrons. The number of carbonyl (C=O) groups excluding carboxylic acids is 1. The molecule has 0 heterocycles. The molecule has 3 aromatic carbocycles. The highest BCUT2D eigenvalue weighted by molar-refractivity contribution is 5.94. The van der Waals surface area contributed by atoms with Crippen LogP contribution in [0.15, 0.2) is 78.9 Å². The lowest BCUT2D eigenvalue weighted by Gasteiger charge is -2.25. The number of amides is 1. The molecule has 0 aliphatic rings. The monoisotopic (exact) mass is 432 g/mol. The maximum absolute atomic E-state index is 12.8. The Bertz CT molecular complexity index is 937. The normalized spacial score (nSPS) is 12.5. The van der Waals surface area contributed by atoms with Gasteiger partial charge in [0.15, 0.2) is 0 Å². The van der Waals surface area contributed by atoms with Crippen molar-refractivity contribution in [3.8, 4) is 11.1 Å². The summed E-state index contributed by atoms with van der Waals surface area (Å²) in [5.74, 6) is 0.0832. The molecule has 4 nitrogen and oxygen atoms in total. The number of benzene rings is 3. The first-order valence-corrected chi connectivity index (χ1v) is 11.0. The summed E-state index contributed by atoms with van der Waals surface area (Å²) in [6.45, 7) is 4.56. The molecule has 3 aromatic rings. The molecule has 3 N–H and O–H groups in total. The van der Waals surface area contributed by atoms with Crippen LogP contribution in [0, 0.1) is 5.92 Å². The van der Waals surface area contributed by atoms with Gasteiger partial charge in [0.05, 0.1) is 0 Å². The van der Waals surface area contributed by atoms with Crippen molar-refractivity contribution in [2.75, 3.05) is 6.54 Å². The smallest absolute Gasteiger partial charge is 0.251 e. The van der Waals surface area contributed by atoms with Gasteiger partial charge in [-0.2, -0.15) is 0 Å². The van der Waals surface area contributed by atoms with E-state index in [1.54, 1.807) is 0 Å². The van der Waals surface area contributed by atoms with E-state index in [0.717, 1.165) is 30.4 Å². The lowest BCUT2D eigenvalue weighted by Crippen LogP contribution is -2.45. The van der Waals surface area contributed by atoms with Crippen LogP contribution in [0.1, 0.15) is 49.2 Å². The van der Waals surface area contributed by atoms with E-state index >= 15 is 0 Å². The Hall–Kier alpha value is -2.95. The van der Waals surface area contributed by atoms with Crippen molar-refractivity contribution in [3.63, 3.8) is 0 Å². The second kappa shape index (κ2) is 12.8. The standard InChI is InChI=1S/C27H32N2O2.CH4/c1-3-21-11-13-23(14-12-21)24-15-17-25(18-16-24)27(30)29-26(19-28-31)20(2)9-10-22-7-5-4-6-8-22;/h4-8,11-18,20,26,28,31H,3,9-10,19H2,1-2H3,(H,29,30);1H4/t20-,26+;/m0./s1. The lowest BCUT2D eigenvalue weighted by molar-refractivity contribution is 0.0891. The summed E-state index contributed by atoms with van der Waals surface area (Å²) < 4.78 is 0. The predicted octanol–water partition coefficient (Wildman–Crippen LogP) is 5.90. The summed E-state index contributed by atoms with van der Waals surface area (Å²) in [4.78, 5) is 12.8. The van der Waals surface area contributed by atoms with Gasteiger partial charge in [-0.05, 0) is 59.6 Å².